The van der Waals surface area contributed by atoms with Crippen LogP contribution < -0.4 is 9.80 Å². The van der Waals surface area contributed by atoms with Gasteiger partial charge in [0.1, 0.15) is 0 Å². The van der Waals surface area contributed by atoms with E-state index in [0.717, 1.165) is 36.6 Å². The van der Waals surface area contributed by atoms with Gasteiger partial charge in [0.05, 0.1) is 29.9 Å². The lowest BCUT2D eigenvalue weighted by Crippen LogP contribution is -2.44. The molecule has 0 saturated carbocycles. The Morgan fingerprint density at radius 1 is 0.879 bits per heavy atom. The standard InChI is InChI=1S/C28H26N4O/c33-28(14-13-25-23-9-3-1-7-21(23)22-8-2-4-10-24(22)25)32-16-15-31(18-20-17-29-19-30-20)26-11-5-6-12-27(26)32/h1-12,17,19,25H,13-16,18H2,(H,29,30). The number of hydrogen-bond donors (Lipinski definition) is 1. The van der Waals surface area contributed by atoms with Crippen LogP contribution in [-0.2, 0) is 11.3 Å². The number of carbonyl (C=O) groups is 1. The van der Waals surface area contributed by atoms with E-state index in [4.69, 9.17) is 0 Å². The number of benzene rings is 3. The molecule has 1 aliphatic heterocycles. The van der Waals surface area contributed by atoms with E-state index in [9.17, 15) is 4.79 Å². The fourth-order valence-electron chi connectivity index (χ4n) is 5.39. The molecule has 164 valence electrons. The molecule has 6 rings (SSSR count). The first-order valence-electron chi connectivity index (χ1n) is 11.6. The number of aromatic nitrogens is 2. The van der Waals surface area contributed by atoms with Gasteiger partial charge in [0.15, 0.2) is 0 Å². The molecule has 0 bridgehead atoms. The number of nitrogens with zero attached hydrogens (tertiary/aromatic N) is 3. The van der Waals surface area contributed by atoms with Gasteiger partial charge in [-0.25, -0.2) is 4.98 Å². The Morgan fingerprint density at radius 2 is 1.55 bits per heavy atom. The van der Waals surface area contributed by atoms with Crippen molar-refractivity contribution in [2.45, 2.75) is 25.3 Å². The van der Waals surface area contributed by atoms with E-state index in [-0.39, 0.29) is 11.8 Å². The average molecular weight is 435 g/mol. The van der Waals surface area contributed by atoms with Crippen LogP contribution >= 0.6 is 0 Å². The number of fused-ring (bicyclic) bond motifs is 4. The van der Waals surface area contributed by atoms with Crippen LogP contribution in [0.25, 0.3) is 11.1 Å². The summed E-state index contributed by atoms with van der Waals surface area (Å²) in [4.78, 5) is 25.1. The smallest absolute Gasteiger partial charge is 0.227 e. The van der Waals surface area contributed by atoms with Crippen molar-refractivity contribution in [2.75, 3.05) is 22.9 Å². The molecule has 0 spiro atoms. The molecule has 3 aromatic carbocycles. The van der Waals surface area contributed by atoms with E-state index in [1.54, 1.807) is 6.33 Å². The number of H-pyrrole nitrogens is 1. The molecule has 0 fully saturated rings. The molecule has 1 aromatic heterocycles. The third-order valence-electron chi connectivity index (χ3n) is 6.92. The maximum Gasteiger partial charge on any atom is 0.227 e. The summed E-state index contributed by atoms with van der Waals surface area (Å²) in [6.07, 6.45) is 4.99. The van der Waals surface area contributed by atoms with E-state index in [2.05, 4.69) is 75.5 Å². The molecule has 2 heterocycles. The normalized spacial score (nSPS) is 14.7. The van der Waals surface area contributed by atoms with Gasteiger partial charge in [-0.15, -0.1) is 0 Å². The third kappa shape index (κ3) is 3.50. The molecular formula is C28H26N4O. The van der Waals surface area contributed by atoms with Gasteiger partial charge in [0.2, 0.25) is 5.91 Å². The highest BCUT2D eigenvalue weighted by molar-refractivity contribution is 5.98. The topological polar surface area (TPSA) is 52.2 Å². The summed E-state index contributed by atoms with van der Waals surface area (Å²) in [6, 6.07) is 25.5. The Balaban J connectivity index is 1.22. The van der Waals surface area contributed by atoms with Crippen LogP contribution in [0.2, 0.25) is 0 Å². The fourth-order valence-corrected chi connectivity index (χ4v) is 5.39. The van der Waals surface area contributed by atoms with Gasteiger partial charge in [-0.1, -0.05) is 60.7 Å². The second-order valence-corrected chi connectivity index (χ2v) is 8.78. The van der Waals surface area contributed by atoms with Crippen molar-refractivity contribution in [3.8, 4) is 11.1 Å². The van der Waals surface area contributed by atoms with Gasteiger partial charge >= 0.3 is 0 Å². The highest BCUT2D eigenvalue weighted by Crippen LogP contribution is 2.46. The Hall–Kier alpha value is -3.86. The monoisotopic (exact) mass is 434 g/mol. The van der Waals surface area contributed by atoms with Crippen molar-refractivity contribution in [3.63, 3.8) is 0 Å². The summed E-state index contributed by atoms with van der Waals surface area (Å²) in [5.41, 5.74) is 8.40. The lowest BCUT2D eigenvalue weighted by molar-refractivity contribution is -0.118. The zero-order valence-electron chi connectivity index (χ0n) is 18.4. The zero-order valence-corrected chi connectivity index (χ0v) is 18.4. The highest BCUT2D eigenvalue weighted by atomic mass is 16.2. The molecule has 0 atom stereocenters. The largest absolute Gasteiger partial charge is 0.362 e. The summed E-state index contributed by atoms with van der Waals surface area (Å²) >= 11 is 0. The number of para-hydroxylation sites is 2. The number of aromatic amines is 1. The van der Waals surface area contributed by atoms with Crippen LogP contribution in [0.5, 0.6) is 0 Å². The molecule has 0 saturated heterocycles. The number of hydrogen-bond acceptors (Lipinski definition) is 3. The van der Waals surface area contributed by atoms with E-state index >= 15 is 0 Å². The van der Waals surface area contributed by atoms with Crippen molar-refractivity contribution >= 4 is 17.3 Å². The number of nitrogens with one attached hydrogen (secondary N) is 1. The summed E-state index contributed by atoms with van der Waals surface area (Å²) in [6.45, 7) is 2.22. The Morgan fingerprint density at radius 3 is 2.24 bits per heavy atom. The second kappa shape index (κ2) is 8.24. The number of rotatable bonds is 5. The lowest BCUT2D eigenvalue weighted by atomic mass is 9.92. The zero-order chi connectivity index (χ0) is 22.2. The van der Waals surface area contributed by atoms with Gasteiger partial charge in [0.25, 0.3) is 0 Å². The van der Waals surface area contributed by atoms with Crippen LogP contribution in [0.15, 0.2) is 85.3 Å². The summed E-state index contributed by atoms with van der Waals surface area (Å²) in [5.74, 6) is 0.473. The number of carbonyl (C=O) groups excluding carboxylic acids is 1. The molecule has 1 amide bonds. The van der Waals surface area contributed by atoms with Gasteiger partial charge in [-0.2, -0.15) is 0 Å². The number of anilines is 2. The molecular weight excluding hydrogens is 408 g/mol. The summed E-state index contributed by atoms with van der Waals surface area (Å²) in [7, 11) is 0. The molecule has 1 aliphatic carbocycles. The van der Waals surface area contributed by atoms with E-state index in [1.807, 2.05) is 23.2 Å². The minimum atomic E-state index is 0.198. The predicted molar refractivity (Wildman–Crippen MR) is 131 cm³/mol. The summed E-state index contributed by atoms with van der Waals surface area (Å²) in [5, 5.41) is 0. The Kier molecular flexibility index (Phi) is 4.95. The highest BCUT2D eigenvalue weighted by Gasteiger charge is 2.31. The second-order valence-electron chi connectivity index (χ2n) is 8.78. The van der Waals surface area contributed by atoms with Gasteiger partial charge < -0.3 is 14.8 Å². The van der Waals surface area contributed by atoms with Crippen LogP contribution in [0.3, 0.4) is 0 Å². The molecule has 0 radical (unpaired) electrons. The average Bonchev–Trinajstić information content (AvgIpc) is 3.49. The van der Waals surface area contributed by atoms with E-state index in [0.29, 0.717) is 13.0 Å². The van der Waals surface area contributed by atoms with Crippen molar-refractivity contribution in [2.24, 2.45) is 0 Å². The molecule has 0 unspecified atom stereocenters. The number of amides is 1. The van der Waals surface area contributed by atoms with E-state index in [1.165, 1.54) is 22.3 Å². The maximum atomic E-state index is 13.5. The van der Waals surface area contributed by atoms with Crippen LogP contribution in [0.4, 0.5) is 11.4 Å². The van der Waals surface area contributed by atoms with E-state index < -0.39 is 0 Å². The van der Waals surface area contributed by atoms with Crippen LogP contribution in [0, 0.1) is 0 Å². The molecule has 2 aliphatic rings. The first kappa shape index (κ1) is 19.8. The number of imidazole rings is 1. The molecule has 33 heavy (non-hydrogen) atoms. The molecule has 1 N–H and O–H groups in total. The van der Waals surface area contributed by atoms with Gasteiger partial charge in [-0.05, 0) is 40.8 Å². The van der Waals surface area contributed by atoms with Crippen molar-refractivity contribution in [1.29, 1.82) is 0 Å². The Bertz CT molecular complexity index is 1250. The molecule has 4 aromatic rings. The van der Waals surface area contributed by atoms with Crippen molar-refractivity contribution < 1.29 is 4.79 Å². The first-order chi connectivity index (χ1) is 16.3. The lowest BCUT2D eigenvalue weighted by Gasteiger charge is -2.37. The van der Waals surface area contributed by atoms with Gasteiger partial charge in [-0.3, -0.25) is 4.79 Å². The molecule has 5 heteroatoms. The maximum absolute atomic E-state index is 13.5. The SMILES string of the molecule is O=C(CCC1c2ccccc2-c2ccccc21)N1CCN(Cc2c[nH]cn2)c2ccccc21. The minimum absolute atomic E-state index is 0.198. The summed E-state index contributed by atoms with van der Waals surface area (Å²) < 4.78 is 0. The van der Waals surface area contributed by atoms with Crippen LogP contribution in [0.1, 0.15) is 35.6 Å². The van der Waals surface area contributed by atoms with Crippen molar-refractivity contribution in [1.82, 2.24) is 9.97 Å². The first-order valence-corrected chi connectivity index (χ1v) is 11.6. The quantitative estimate of drug-likeness (QED) is 0.460. The predicted octanol–water partition coefficient (Wildman–Crippen LogP) is 5.36. The fraction of sp³-hybridized carbons (Fsp3) is 0.214. The van der Waals surface area contributed by atoms with Crippen LogP contribution in [-0.4, -0.2) is 29.0 Å². The van der Waals surface area contributed by atoms with Gasteiger partial charge in [0, 0.05) is 31.6 Å². The van der Waals surface area contributed by atoms with Crippen molar-refractivity contribution in [3.05, 3.63) is 102 Å². The Labute approximate surface area is 193 Å². The molecule has 5 nitrogen and oxygen atoms in total. The third-order valence-corrected chi connectivity index (χ3v) is 6.92. The minimum Gasteiger partial charge on any atom is -0.362 e.